The van der Waals surface area contributed by atoms with Crippen LogP contribution in [-0.2, 0) is 10.3 Å². The first-order chi connectivity index (χ1) is 18.6. The Morgan fingerprint density at radius 1 is 1.03 bits per heavy atom. The predicted molar refractivity (Wildman–Crippen MR) is 145 cm³/mol. The van der Waals surface area contributed by atoms with Gasteiger partial charge in [0.1, 0.15) is 17.4 Å². The van der Waals surface area contributed by atoms with Crippen LogP contribution in [0.3, 0.4) is 0 Å². The lowest BCUT2D eigenvalue weighted by Gasteiger charge is -2.33. The van der Waals surface area contributed by atoms with Crippen molar-refractivity contribution < 1.29 is 23.1 Å². The van der Waals surface area contributed by atoms with E-state index in [1.54, 1.807) is 20.0 Å². The highest BCUT2D eigenvalue weighted by molar-refractivity contribution is 6.07. The van der Waals surface area contributed by atoms with Gasteiger partial charge in [0.25, 0.3) is 0 Å². The minimum Gasteiger partial charge on any atom is -0.386 e. The highest BCUT2D eigenvalue weighted by Crippen LogP contribution is 2.43. The van der Waals surface area contributed by atoms with Crippen LogP contribution in [0.5, 0.6) is 0 Å². The molecule has 1 unspecified atom stereocenters. The Morgan fingerprint density at radius 3 is 2.49 bits per heavy atom. The van der Waals surface area contributed by atoms with Gasteiger partial charge in [0.05, 0.1) is 33.9 Å². The monoisotopic (exact) mass is 531 g/mol. The second-order valence-corrected chi connectivity index (χ2v) is 11.0. The van der Waals surface area contributed by atoms with Crippen LogP contribution < -0.4 is 0 Å². The van der Waals surface area contributed by atoms with Crippen LogP contribution in [0.1, 0.15) is 55.3 Å². The van der Waals surface area contributed by atoms with Gasteiger partial charge >= 0.3 is 0 Å². The Bertz CT molecular complexity index is 1670. The number of fused-ring (bicyclic) bond motifs is 3. The van der Waals surface area contributed by atoms with Crippen LogP contribution in [0.4, 0.5) is 8.78 Å². The number of benzene rings is 2. The molecular formula is C31H31F2N3O3. The summed E-state index contributed by atoms with van der Waals surface area (Å²) in [6, 6.07) is 10.9. The molecule has 0 radical (unpaired) electrons. The quantitative estimate of drug-likeness (QED) is 0.265. The minimum absolute atomic E-state index is 0.0117. The third-order valence-corrected chi connectivity index (χ3v) is 7.94. The van der Waals surface area contributed by atoms with Gasteiger partial charge in [-0.15, -0.1) is 0 Å². The molecule has 8 heteroatoms. The molecule has 39 heavy (non-hydrogen) atoms. The van der Waals surface area contributed by atoms with Crippen molar-refractivity contribution >= 4 is 21.9 Å². The summed E-state index contributed by atoms with van der Waals surface area (Å²) < 4.78 is 43.4. The lowest BCUT2D eigenvalue weighted by Crippen LogP contribution is -2.28. The minimum atomic E-state index is -1.09. The maximum absolute atomic E-state index is 15.6. The van der Waals surface area contributed by atoms with Crippen LogP contribution in [0.2, 0.25) is 0 Å². The Hall–Kier alpha value is -3.62. The molecule has 0 aliphatic carbocycles. The summed E-state index contributed by atoms with van der Waals surface area (Å²) >= 11 is 0. The van der Waals surface area contributed by atoms with E-state index in [-0.39, 0.29) is 11.5 Å². The summed E-state index contributed by atoms with van der Waals surface area (Å²) in [5.74, 6) is -0.285. The van der Waals surface area contributed by atoms with Crippen LogP contribution in [0.25, 0.3) is 33.1 Å². The standard InChI is InChI=1S/C31H31F2N3O3/c1-17-28(18(2)39-35-17)20-13-27-29(34-16-20)23-7-5-21(31(3,4)37)14-26(23)36(27)30(19-9-11-38-12-10-19)24-15-22(32)6-8-25(24)33/h5-8,13-16,19,30,37H,9-12H2,1-4H3. The van der Waals surface area contributed by atoms with Gasteiger partial charge in [-0.05, 0) is 82.3 Å². The number of ether oxygens (including phenoxy) is 1. The van der Waals surface area contributed by atoms with Crippen molar-refractivity contribution in [2.45, 2.75) is 52.2 Å². The molecule has 0 saturated carbocycles. The fourth-order valence-electron chi connectivity index (χ4n) is 5.99. The number of halogens is 2. The molecule has 1 saturated heterocycles. The SMILES string of the molecule is Cc1noc(C)c1-c1cnc2c3ccc(C(C)(C)O)cc3n(C(c3cc(F)ccc3F)C3CCOCC3)c2c1. The topological polar surface area (TPSA) is 73.3 Å². The van der Waals surface area contributed by atoms with Crippen molar-refractivity contribution in [2.24, 2.45) is 5.92 Å². The van der Waals surface area contributed by atoms with Crippen molar-refractivity contribution in [3.8, 4) is 11.1 Å². The number of nitrogens with zero attached hydrogens (tertiary/aromatic N) is 3. The van der Waals surface area contributed by atoms with Gasteiger partial charge < -0.3 is 18.9 Å². The predicted octanol–water partition coefficient (Wildman–Crippen LogP) is 6.98. The lowest BCUT2D eigenvalue weighted by molar-refractivity contribution is 0.0548. The van der Waals surface area contributed by atoms with Gasteiger partial charge in [0.2, 0.25) is 0 Å². The fourth-order valence-corrected chi connectivity index (χ4v) is 5.99. The number of rotatable bonds is 5. The summed E-state index contributed by atoms with van der Waals surface area (Å²) in [5, 5.41) is 15.8. The molecule has 1 atom stereocenters. The lowest BCUT2D eigenvalue weighted by atomic mass is 9.86. The van der Waals surface area contributed by atoms with Gasteiger partial charge in [0.15, 0.2) is 0 Å². The molecule has 202 valence electrons. The summed E-state index contributed by atoms with van der Waals surface area (Å²) in [6.07, 6.45) is 3.20. The molecule has 3 aromatic heterocycles. The van der Waals surface area contributed by atoms with Crippen molar-refractivity contribution in [3.63, 3.8) is 0 Å². The van der Waals surface area contributed by atoms with E-state index in [9.17, 15) is 9.50 Å². The van der Waals surface area contributed by atoms with Gasteiger partial charge in [-0.25, -0.2) is 8.78 Å². The van der Waals surface area contributed by atoms with Crippen LogP contribution >= 0.6 is 0 Å². The summed E-state index contributed by atoms with van der Waals surface area (Å²) in [4.78, 5) is 4.88. The molecule has 1 N–H and O–H groups in total. The molecule has 6 nitrogen and oxygen atoms in total. The zero-order valence-electron chi connectivity index (χ0n) is 22.5. The van der Waals surface area contributed by atoms with E-state index < -0.39 is 23.3 Å². The molecule has 4 heterocycles. The average Bonchev–Trinajstić information content (AvgIpc) is 3.42. The van der Waals surface area contributed by atoms with Crippen LogP contribution in [0.15, 0.2) is 53.2 Å². The molecule has 1 aliphatic rings. The summed E-state index contributed by atoms with van der Waals surface area (Å²) in [7, 11) is 0. The normalized spacial score (nSPS) is 15.9. The number of aromatic nitrogens is 3. The van der Waals surface area contributed by atoms with Crippen LogP contribution in [0, 0.1) is 31.4 Å². The van der Waals surface area contributed by atoms with E-state index in [0.29, 0.717) is 31.8 Å². The largest absolute Gasteiger partial charge is 0.386 e. The maximum atomic E-state index is 15.6. The van der Waals surface area contributed by atoms with E-state index in [2.05, 4.69) is 9.72 Å². The Kier molecular flexibility index (Phi) is 6.27. The molecule has 6 rings (SSSR count). The Morgan fingerprint density at radius 2 is 1.79 bits per heavy atom. The molecule has 0 bridgehead atoms. The molecule has 5 aromatic rings. The van der Waals surface area contributed by atoms with Gasteiger partial charge in [-0.1, -0.05) is 17.3 Å². The number of aryl methyl sites for hydroxylation is 2. The first-order valence-corrected chi connectivity index (χ1v) is 13.3. The summed E-state index contributed by atoms with van der Waals surface area (Å²) in [6.45, 7) is 8.31. The number of hydrogen-bond acceptors (Lipinski definition) is 5. The number of aliphatic hydroxyl groups is 1. The van der Waals surface area contributed by atoms with Crippen LogP contribution in [-0.4, -0.2) is 33.0 Å². The Labute approximate surface area is 225 Å². The van der Waals surface area contributed by atoms with E-state index in [4.69, 9.17) is 14.2 Å². The first-order valence-electron chi connectivity index (χ1n) is 13.3. The molecule has 1 aliphatic heterocycles. The summed E-state index contributed by atoms with van der Waals surface area (Å²) in [5.41, 5.74) is 4.68. The highest BCUT2D eigenvalue weighted by atomic mass is 19.1. The van der Waals surface area contributed by atoms with Crippen molar-refractivity contribution in [1.29, 1.82) is 0 Å². The van der Waals surface area contributed by atoms with E-state index >= 15 is 4.39 Å². The van der Waals surface area contributed by atoms with Gasteiger partial charge in [0, 0.05) is 41.5 Å². The molecule has 0 amide bonds. The van der Waals surface area contributed by atoms with E-state index in [1.165, 1.54) is 12.1 Å². The van der Waals surface area contributed by atoms with Gasteiger partial charge in [-0.2, -0.15) is 0 Å². The Balaban J connectivity index is 1.72. The molecule has 0 spiro atoms. The number of hydrogen-bond donors (Lipinski definition) is 1. The fraction of sp³-hybridized carbons (Fsp3) is 0.355. The average molecular weight is 532 g/mol. The third kappa shape index (κ3) is 4.41. The maximum Gasteiger partial charge on any atom is 0.141 e. The first kappa shape index (κ1) is 25.6. The van der Waals surface area contributed by atoms with Crippen molar-refractivity contribution in [3.05, 3.63) is 82.9 Å². The smallest absolute Gasteiger partial charge is 0.141 e. The third-order valence-electron chi connectivity index (χ3n) is 7.94. The number of pyridine rings is 1. The van der Waals surface area contributed by atoms with Crippen molar-refractivity contribution in [1.82, 2.24) is 14.7 Å². The second kappa shape index (κ2) is 9.54. The zero-order valence-corrected chi connectivity index (χ0v) is 22.5. The molecular weight excluding hydrogens is 500 g/mol. The highest BCUT2D eigenvalue weighted by Gasteiger charge is 2.33. The van der Waals surface area contributed by atoms with Crippen molar-refractivity contribution in [2.75, 3.05) is 13.2 Å². The van der Waals surface area contributed by atoms with E-state index in [1.807, 2.05) is 38.1 Å². The van der Waals surface area contributed by atoms with E-state index in [0.717, 1.165) is 50.4 Å². The second-order valence-electron chi connectivity index (χ2n) is 11.0. The zero-order chi connectivity index (χ0) is 27.5. The molecule has 1 fully saturated rings. The molecule has 2 aromatic carbocycles. The van der Waals surface area contributed by atoms with Gasteiger partial charge in [-0.3, -0.25) is 4.98 Å².